The van der Waals surface area contributed by atoms with Gasteiger partial charge < -0.3 is 24.8 Å². The highest BCUT2D eigenvalue weighted by molar-refractivity contribution is 5.89. The lowest BCUT2D eigenvalue weighted by molar-refractivity contribution is 0.0617. The molecule has 2 N–H and O–H groups in total. The topological polar surface area (TPSA) is 68.8 Å². The van der Waals surface area contributed by atoms with Crippen LogP contribution in [-0.4, -0.2) is 32.5 Å². The first-order valence-electron chi connectivity index (χ1n) is 9.03. The lowest BCUT2D eigenvalue weighted by Crippen LogP contribution is -2.28. The van der Waals surface area contributed by atoms with E-state index in [1.54, 1.807) is 7.11 Å². The van der Waals surface area contributed by atoms with Crippen molar-refractivity contribution in [1.82, 2.24) is 5.32 Å². The number of carbonyl (C=O) groups excluding carboxylic acids is 1. The monoisotopic (exact) mass is 372 g/mol. The average Bonchev–Trinajstić information content (AvgIpc) is 2.65. The van der Waals surface area contributed by atoms with Gasteiger partial charge in [0.25, 0.3) is 0 Å². The van der Waals surface area contributed by atoms with Gasteiger partial charge >= 0.3 is 6.03 Å². The molecular formula is C21H28N2O4. The number of hydrogen-bond acceptors (Lipinski definition) is 4. The summed E-state index contributed by atoms with van der Waals surface area (Å²) in [4.78, 5) is 12.1. The molecule has 6 heteroatoms. The Morgan fingerprint density at radius 1 is 1.04 bits per heavy atom. The SMILES string of the molecule is COCCOCc1cccc(NC(=O)NCc2ccc(OC(C)C)cc2)c1. The Labute approximate surface area is 160 Å². The zero-order valence-corrected chi connectivity index (χ0v) is 16.2. The van der Waals surface area contributed by atoms with Gasteiger partial charge in [0, 0.05) is 19.3 Å². The van der Waals surface area contributed by atoms with Crippen LogP contribution in [0.1, 0.15) is 25.0 Å². The second-order valence-electron chi connectivity index (χ2n) is 6.36. The van der Waals surface area contributed by atoms with Crippen molar-refractivity contribution in [2.45, 2.75) is 33.1 Å². The Morgan fingerprint density at radius 2 is 1.81 bits per heavy atom. The van der Waals surface area contributed by atoms with Crippen LogP contribution in [-0.2, 0) is 22.6 Å². The van der Waals surface area contributed by atoms with Crippen molar-refractivity contribution in [2.75, 3.05) is 25.6 Å². The summed E-state index contributed by atoms with van der Waals surface area (Å²) in [5.74, 6) is 0.822. The van der Waals surface area contributed by atoms with Crippen molar-refractivity contribution in [2.24, 2.45) is 0 Å². The smallest absolute Gasteiger partial charge is 0.319 e. The van der Waals surface area contributed by atoms with Crippen LogP contribution in [0.4, 0.5) is 10.5 Å². The minimum atomic E-state index is -0.255. The van der Waals surface area contributed by atoms with Crippen molar-refractivity contribution in [1.29, 1.82) is 0 Å². The summed E-state index contributed by atoms with van der Waals surface area (Å²) in [5.41, 5.74) is 2.72. The molecule has 27 heavy (non-hydrogen) atoms. The molecule has 0 radical (unpaired) electrons. The van der Waals surface area contributed by atoms with Crippen LogP contribution in [0, 0.1) is 0 Å². The van der Waals surface area contributed by atoms with Crippen molar-refractivity contribution in [3.05, 3.63) is 59.7 Å². The lowest BCUT2D eigenvalue weighted by Gasteiger charge is -2.11. The Morgan fingerprint density at radius 3 is 2.52 bits per heavy atom. The van der Waals surface area contributed by atoms with E-state index in [4.69, 9.17) is 14.2 Å². The van der Waals surface area contributed by atoms with Gasteiger partial charge in [-0.15, -0.1) is 0 Å². The molecule has 0 aromatic heterocycles. The van der Waals surface area contributed by atoms with Crippen LogP contribution >= 0.6 is 0 Å². The fourth-order valence-corrected chi connectivity index (χ4v) is 2.39. The Bertz CT molecular complexity index is 702. The first-order chi connectivity index (χ1) is 13.1. The number of benzene rings is 2. The Balaban J connectivity index is 1.78. The van der Waals surface area contributed by atoms with Crippen LogP contribution in [0.2, 0.25) is 0 Å². The molecule has 0 saturated carbocycles. The van der Waals surface area contributed by atoms with Crippen LogP contribution in [0.3, 0.4) is 0 Å². The molecule has 2 amide bonds. The van der Waals surface area contributed by atoms with Gasteiger partial charge in [-0.1, -0.05) is 24.3 Å². The summed E-state index contributed by atoms with van der Waals surface area (Å²) < 4.78 is 16.1. The number of methoxy groups -OCH3 is 1. The third-order valence-electron chi connectivity index (χ3n) is 3.63. The molecule has 0 atom stereocenters. The molecule has 2 aromatic rings. The van der Waals surface area contributed by atoms with E-state index in [2.05, 4.69) is 10.6 Å². The molecule has 2 rings (SSSR count). The predicted octanol–water partition coefficient (Wildman–Crippen LogP) is 3.96. The third kappa shape index (κ3) is 8.11. The minimum absolute atomic E-state index is 0.140. The third-order valence-corrected chi connectivity index (χ3v) is 3.63. The van der Waals surface area contributed by atoms with E-state index in [9.17, 15) is 4.79 Å². The zero-order valence-electron chi connectivity index (χ0n) is 16.2. The molecular weight excluding hydrogens is 344 g/mol. The van der Waals surface area contributed by atoms with Crippen molar-refractivity contribution in [3.8, 4) is 5.75 Å². The number of anilines is 1. The lowest BCUT2D eigenvalue weighted by atomic mass is 10.2. The maximum absolute atomic E-state index is 12.1. The Hall–Kier alpha value is -2.57. The summed E-state index contributed by atoms with van der Waals surface area (Å²) in [7, 11) is 1.64. The summed E-state index contributed by atoms with van der Waals surface area (Å²) in [6.07, 6.45) is 0.140. The zero-order chi connectivity index (χ0) is 19.5. The predicted molar refractivity (Wildman–Crippen MR) is 106 cm³/mol. The van der Waals surface area contributed by atoms with Crippen LogP contribution in [0.15, 0.2) is 48.5 Å². The van der Waals surface area contributed by atoms with E-state index in [1.807, 2.05) is 62.4 Å². The Kier molecular flexibility index (Phi) is 8.61. The van der Waals surface area contributed by atoms with E-state index in [0.717, 1.165) is 22.6 Å². The number of urea groups is 1. The number of amides is 2. The van der Waals surface area contributed by atoms with Crippen LogP contribution in [0.25, 0.3) is 0 Å². The van der Waals surface area contributed by atoms with Gasteiger partial charge in [0.05, 0.1) is 25.9 Å². The van der Waals surface area contributed by atoms with E-state index in [-0.39, 0.29) is 12.1 Å². The van der Waals surface area contributed by atoms with Gasteiger partial charge in [-0.3, -0.25) is 0 Å². The van der Waals surface area contributed by atoms with Crippen molar-refractivity contribution < 1.29 is 19.0 Å². The maximum atomic E-state index is 12.1. The second kappa shape index (κ2) is 11.2. The van der Waals surface area contributed by atoms with Crippen molar-refractivity contribution >= 4 is 11.7 Å². The number of carbonyl (C=O) groups is 1. The van der Waals surface area contributed by atoms with Gasteiger partial charge in [-0.05, 0) is 49.2 Å². The first-order valence-corrected chi connectivity index (χ1v) is 9.03. The van der Waals surface area contributed by atoms with E-state index >= 15 is 0 Å². The number of ether oxygens (including phenoxy) is 3. The normalized spacial score (nSPS) is 10.7. The molecule has 0 aliphatic rings. The molecule has 0 bridgehead atoms. The summed E-state index contributed by atoms with van der Waals surface area (Å²) in [5, 5.41) is 5.69. The number of rotatable bonds is 10. The molecule has 0 saturated heterocycles. The summed E-state index contributed by atoms with van der Waals surface area (Å²) in [6, 6.07) is 15.0. The van der Waals surface area contributed by atoms with E-state index in [1.165, 1.54) is 0 Å². The van der Waals surface area contributed by atoms with Crippen LogP contribution < -0.4 is 15.4 Å². The summed E-state index contributed by atoms with van der Waals surface area (Å²) >= 11 is 0. The van der Waals surface area contributed by atoms with Gasteiger partial charge in [-0.2, -0.15) is 0 Å². The van der Waals surface area contributed by atoms with Crippen LogP contribution in [0.5, 0.6) is 5.75 Å². The molecule has 0 heterocycles. The fraction of sp³-hybridized carbons (Fsp3) is 0.381. The number of nitrogens with one attached hydrogen (secondary N) is 2. The van der Waals surface area contributed by atoms with Crippen molar-refractivity contribution in [3.63, 3.8) is 0 Å². The maximum Gasteiger partial charge on any atom is 0.319 e. The van der Waals surface area contributed by atoms with Gasteiger partial charge in [0.1, 0.15) is 5.75 Å². The minimum Gasteiger partial charge on any atom is -0.491 e. The molecule has 0 unspecified atom stereocenters. The largest absolute Gasteiger partial charge is 0.491 e. The quantitative estimate of drug-likeness (QED) is 0.620. The molecule has 6 nitrogen and oxygen atoms in total. The molecule has 0 fully saturated rings. The second-order valence-corrected chi connectivity index (χ2v) is 6.36. The number of hydrogen-bond donors (Lipinski definition) is 2. The highest BCUT2D eigenvalue weighted by atomic mass is 16.5. The van der Waals surface area contributed by atoms with Gasteiger partial charge in [-0.25, -0.2) is 4.79 Å². The standard InChI is InChI=1S/C21H28N2O4/c1-16(2)27-20-9-7-17(8-10-20)14-22-21(24)23-19-6-4-5-18(13-19)15-26-12-11-25-3/h4-10,13,16H,11-12,14-15H2,1-3H3,(H2,22,23,24). The molecule has 0 aliphatic carbocycles. The van der Waals surface area contributed by atoms with E-state index < -0.39 is 0 Å². The van der Waals surface area contributed by atoms with Gasteiger partial charge in [0.2, 0.25) is 0 Å². The molecule has 0 spiro atoms. The molecule has 2 aromatic carbocycles. The average molecular weight is 372 g/mol. The summed E-state index contributed by atoms with van der Waals surface area (Å²) in [6.45, 7) is 5.99. The molecule has 146 valence electrons. The van der Waals surface area contributed by atoms with E-state index in [0.29, 0.717) is 26.4 Å². The highest BCUT2D eigenvalue weighted by Crippen LogP contribution is 2.14. The first kappa shape index (κ1) is 20.7. The fourth-order valence-electron chi connectivity index (χ4n) is 2.39. The van der Waals surface area contributed by atoms with Gasteiger partial charge in [0.15, 0.2) is 0 Å². The molecule has 0 aliphatic heterocycles. The highest BCUT2D eigenvalue weighted by Gasteiger charge is 2.04.